The Kier molecular flexibility index (Phi) is 3.58. The lowest BCUT2D eigenvalue weighted by Crippen LogP contribution is -2.27. The number of para-hydroxylation sites is 1. The fraction of sp³-hybridized carbons (Fsp3) is 0.357. The first kappa shape index (κ1) is 14.2. The molecule has 1 aliphatic heterocycles. The van der Waals surface area contributed by atoms with Crippen molar-refractivity contribution in [3.63, 3.8) is 0 Å². The Hall–Kier alpha value is -2.77. The predicted molar refractivity (Wildman–Crippen MR) is 75.9 cm³/mol. The van der Waals surface area contributed by atoms with Crippen molar-refractivity contribution in [1.82, 2.24) is 14.8 Å². The van der Waals surface area contributed by atoms with Crippen LogP contribution in [-0.2, 0) is 22.5 Å². The molecule has 3 rings (SSSR count). The summed E-state index contributed by atoms with van der Waals surface area (Å²) in [6.45, 7) is 0.544. The maximum atomic E-state index is 11.6. The minimum atomic E-state index is -0.452. The molecular formula is C14H14N4O4. The Labute approximate surface area is 125 Å². The van der Waals surface area contributed by atoms with Crippen molar-refractivity contribution < 1.29 is 14.5 Å². The van der Waals surface area contributed by atoms with Crippen molar-refractivity contribution in [1.29, 1.82) is 0 Å². The average Bonchev–Trinajstić information content (AvgIpc) is 2.96. The monoisotopic (exact) mass is 302 g/mol. The molecule has 0 spiro atoms. The molecule has 0 aliphatic carbocycles. The van der Waals surface area contributed by atoms with Gasteiger partial charge in [0, 0.05) is 19.0 Å². The number of hydrogen-bond acceptors (Lipinski definition) is 6. The van der Waals surface area contributed by atoms with Crippen LogP contribution in [0.2, 0.25) is 0 Å². The fourth-order valence-electron chi connectivity index (χ4n) is 2.61. The highest BCUT2D eigenvalue weighted by atomic mass is 16.6. The molecule has 1 atom stereocenters. The maximum absolute atomic E-state index is 11.6. The number of aryl methyl sites for hydroxylation is 1. The van der Waals surface area contributed by atoms with Crippen LogP contribution in [0.5, 0.6) is 0 Å². The summed E-state index contributed by atoms with van der Waals surface area (Å²) in [6, 6.07) is 6.36. The van der Waals surface area contributed by atoms with Crippen LogP contribution < -0.4 is 0 Å². The normalized spacial score (nSPS) is 16.9. The van der Waals surface area contributed by atoms with E-state index in [1.54, 1.807) is 22.9 Å². The van der Waals surface area contributed by atoms with Gasteiger partial charge in [0.15, 0.2) is 5.82 Å². The van der Waals surface area contributed by atoms with E-state index in [-0.39, 0.29) is 17.6 Å². The van der Waals surface area contributed by atoms with Crippen molar-refractivity contribution in [2.45, 2.75) is 19.4 Å². The van der Waals surface area contributed by atoms with E-state index in [0.717, 1.165) is 0 Å². The lowest BCUT2D eigenvalue weighted by atomic mass is 9.98. The van der Waals surface area contributed by atoms with Crippen molar-refractivity contribution in [2.24, 2.45) is 5.92 Å². The minimum absolute atomic E-state index is 0.0324. The van der Waals surface area contributed by atoms with Crippen LogP contribution in [0.3, 0.4) is 0 Å². The number of nitrogens with zero attached hydrogens (tertiary/aromatic N) is 4. The molecule has 0 saturated carbocycles. The molecule has 1 aliphatic rings. The number of esters is 1. The molecule has 8 nitrogen and oxygen atoms in total. The smallest absolute Gasteiger partial charge is 0.309 e. The third-order valence-corrected chi connectivity index (χ3v) is 3.74. The van der Waals surface area contributed by atoms with Gasteiger partial charge < -0.3 is 4.74 Å². The molecule has 2 aromatic rings. The summed E-state index contributed by atoms with van der Waals surface area (Å²) in [6.07, 6.45) is 1.06. The van der Waals surface area contributed by atoms with Gasteiger partial charge in [0.2, 0.25) is 0 Å². The van der Waals surface area contributed by atoms with Crippen molar-refractivity contribution in [2.75, 3.05) is 7.11 Å². The fourth-order valence-corrected chi connectivity index (χ4v) is 2.61. The Balaban J connectivity index is 1.95. The number of aromatic nitrogens is 3. The van der Waals surface area contributed by atoms with E-state index in [1.165, 1.54) is 13.2 Å². The van der Waals surface area contributed by atoms with E-state index in [0.29, 0.717) is 36.6 Å². The molecule has 0 amide bonds. The third-order valence-electron chi connectivity index (χ3n) is 3.74. The number of methoxy groups -OCH3 is 1. The summed E-state index contributed by atoms with van der Waals surface area (Å²) in [5.41, 5.74) is 0.346. The lowest BCUT2D eigenvalue weighted by molar-refractivity contribution is -0.384. The zero-order chi connectivity index (χ0) is 15.7. The summed E-state index contributed by atoms with van der Waals surface area (Å²) < 4.78 is 6.46. The topological polar surface area (TPSA) is 100 Å². The standard InChI is InChI=1S/C14H14N4O4/c1-22-14(19)9-6-7-17-12(8-9)15-13(16-17)10-4-2-3-5-11(10)18(20)21/h2-5,9H,6-8H2,1H3. The maximum Gasteiger partial charge on any atom is 0.309 e. The van der Waals surface area contributed by atoms with E-state index < -0.39 is 4.92 Å². The molecule has 1 aromatic heterocycles. The Bertz CT molecular complexity index is 740. The van der Waals surface area contributed by atoms with Gasteiger partial charge in [0.1, 0.15) is 5.82 Å². The first-order chi connectivity index (χ1) is 10.6. The van der Waals surface area contributed by atoms with Gasteiger partial charge in [-0.2, -0.15) is 5.10 Å². The summed E-state index contributed by atoms with van der Waals surface area (Å²) in [7, 11) is 1.36. The summed E-state index contributed by atoms with van der Waals surface area (Å²) in [5, 5.41) is 15.4. The van der Waals surface area contributed by atoms with E-state index in [1.807, 2.05) is 0 Å². The van der Waals surface area contributed by atoms with Crippen molar-refractivity contribution >= 4 is 11.7 Å². The van der Waals surface area contributed by atoms with Gasteiger partial charge >= 0.3 is 5.97 Å². The second-order valence-corrected chi connectivity index (χ2v) is 5.06. The van der Waals surface area contributed by atoms with Gasteiger partial charge in [-0.25, -0.2) is 9.67 Å². The first-order valence-electron chi connectivity index (χ1n) is 6.85. The Morgan fingerprint density at radius 3 is 2.95 bits per heavy atom. The minimum Gasteiger partial charge on any atom is -0.469 e. The second kappa shape index (κ2) is 5.55. The zero-order valence-corrected chi connectivity index (χ0v) is 11.9. The third kappa shape index (κ3) is 2.43. The molecule has 0 N–H and O–H groups in total. The van der Waals surface area contributed by atoms with Gasteiger partial charge in [0.05, 0.1) is 23.5 Å². The summed E-state index contributed by atoms with van der Waals surface area (Å²) in [4.78, 5) is 26.6. The van der Waals surface area contributed by atoms with E-state index in [2.05, 4.69) is 10.1 Å². The molecule has 0 fully saturated rings. The highest BCUT2D eigenvalue weighted by Crippen LogP contribution is 2.29. The van der Waals surface area contributed by atoms with Gasteiger partial charge in [0.25, 0.3) is 5.69 Å². The highest BCUT2D eigenvalue weighted by Gasteiger charge is 2.29. The SMILES string of the molecule is COC(=O)C1CCn2nc(-c3ccccc3[N+](=O)[O-])nc2C1. The molecule has 0 saturated heterocycles. The quantitative estimate of drug-likeness (QED) is 0.485. The molecule has 22 heavy (non-hydrogen) atoms. The molecule has 1 unspecified atom stereocenters. The van der Waals surface area contributed by atoms with Crippen molar-refractivity contribution in [3.05, 3.63) is 40.2 Å². The average molecular weight is 302 g/mol. The van der Waals surface area contributed by atoms with Gasteiger partial charge in [-0.1, -0.05) is 12.1 Å². The van der Waals surface area contributed by atoms with Crippen LogP contribution in [0.4, 0.5) is 5.69 Å². The number of ether oxygens (including phenoxy) is 1. The van der Waals surface area contributed by atoms with Gasteiger partial charge in [-0.15, -0.1) is 0 Å². The predicted octanol–water partition coefficient (Wildman–Crippen LogP) is 1.59. The number of rotatable bonds is 3. The molecule has 1 aromatic carbocycles. The van der Waals surface area contributed by atoms with E-state index >= 15 is 0 Å². The van der Waals surface area contributed by atoms with Crippen LogP contribution in [0, 0.1) is 16.0 Å². The number of hydrogen-bond donors (Lipinski definition) is 0. The van der Waals surface area contributed by atoms with Crippen LogP contribution in [-0.4, -0.2) is 32.8 Å². The highest BCUT2D eigenvalue weighted by molar-refractivity contribution is 5.73. The molecule has 0 bridgehead atoms. The van der Waals surface area contributed by atoms with Crippen LogP contribution in [0.1, 0.15) is 12.2 Å². The van der Waals surface area contributed by atoms with Gasteiger partial charge in [-0.3, -0.25) is 14.9 Å². The number of fused-ring (bicyclic) bond motifs is 1. The largest absolute Gasteiger partial charge is 0.469 e. The van der Waals surface area contributed by atoms with E-state index in [4.69, 9.17) is 4.74 Å². The van der Waals surface area contributed by atoms with Crippen LogP contribution >= 0.6 is 0 Å². The zero-order valence-electron chi connectivity index (χ0n) is 11.9. The number of carbonyl (C=O) groups is 1. The Morgan fingerprint density at radius 2 is 2.23 bits per heavy atom. The van der Waals surface area contributed by atoms with Crippen molar-refractivity contribution in [3.8, 4) is 11.4 Å². The Morgan fingerprint density at radius 1 is 1.45 bits per heavy atom. The molecule has 114 valence electrons. The number of carbonyl (C=O) groups excluding carboxylic acids is 1. The van der Waals surface area contributed by atoms with Crippen LogP contribution in [0.25, 0.3) is 11.4 Å². The van der Waals surface area contributed by atoms with Crippen LogP contribution in [0.15, 0.2) is 24.3 Å². The first-order valence-corrected chi connectivity index (χ1v) is 6.85. The summed E-state index contributed by atoms with van der Waals surface area (Å²) in [5.74, 6) is 0.462. The molecule has 0 radical (unpaired) electrons. The number of nitro groups is 1. The lowest BCUT2D eigenvalue weighted by Gasteiger charge is -2.19. The summed E-state index contributed by atoms with van der Waals surface area (Å²) >= 11 is 0. The number of benzene rings is 1. The van der Waals surface area contributed by atoms with E-state index in [9.17, 15) is 14.9 Å². The second-order valence-electron chi connectivity index (χ2n) is 5.06. The molecule has 2 heterocycles. The molecular weight excluding hydrogens is 288 g/mol. The molecule has 8 heteroatoms. The van der Waals surface area contributed by atoms with Gasteiger partial charge in [-0.05, 0) is 12.5 Å². The number of nitro benzene ring substituents is 1.